The van der Waals surface area contributed by atoms with Gasteiger partial charge in [0.1, 0.15) is 48.8 Å². The summed E-state index contributed by atoms with van der Waals surface area (Å²) in [4.78, 5) is 13.2. The van der Waals surface area contributed by atoms with E-state index in [-0.39, 0.29) is 12.5 Å². The second kappa shape index (κ2) is 38.8. The minimum Gasteiger partial charge on any atom is -0.394 e. The number of unbranched alkanes of at least 4 members (excludes halogenated alkanes) is 18. The van der Waals surface area contributed by atoms with Crippen molar-refractivity contribution in [1.29, 1.82) is 0 Å². The van der Waals surface area contributed by atoms with Crippen molar-refractivity contribution in [2.24, 2.45) is 0 Å². The van der Waals surface area contributed by atoms with Crippen molar-refractivity contribution >= 4 is 5.91 Å². The van der Waals surface area contributed by atoms with Crippen molar-refractivity contribution in [2.45, 2.75) is 254 Å². The topological polar surface area (TPSA) is 228 Å². The Balaban J connectivity index is 1.79. The molecule has 2 aliphatic rings. The van der Waals surface area contributed by atoms with E-state index in [2.05, 4.69) is 67.8 Å². The lowest BCUT2D eigenvalue weighted by molar-refractivity contribution is -0.359. The van der Waals surface area contributed by atoms with Gasteiger partial charge in [0.25, 0.3) is 0 Å². The summed E-state index contributed by atoms with van der Waals surface area (Å²) in [5.74, 6) is -0.219. The molecule has 0 spiro atoms. The Labute approximate surface area is 397 Å². The Bertz CT molecular complexity index is 1290. The Hall–Kier alpha value is -2.05. The summed E-state index contributed by atoms with van der Waals surface area (Å²) in [5, 5.41) is 86.8. The highest BCUT2D eigenvalue weighted by Gasteiger charge is 2.51. The van der Waals surface area contributed by atoms with E-state index in [0.29, 0.717) is 19.3 Å². The number of nitrogens with one attached hydrogen (secondary N) is 1. The van der Waals surface area contributed by atoms with Crippen LogP contribution >= 0.6 is 0 Å². The third-order valence-corrected chi connectivity index (χ3v) is 12.6. The Morgan fingerprint density at radius 2 is 1.05 bits per heavy atom. The molecule has 0 aromatic carbocycles. The molecule has 2 saturated heterocycles. The van der Waals surface area contributed by atoms with Crippen molar-refractivity contribution in [3.05, 3.63) is 48.6 Å². The van der Waals surface area contributed by atoms with Gasteiger partial charge in [0.2, 0.25) is 5.91 Å². The average Bonchev–Trinajstić information content (AvgIpc) is 3.31. The Morgan fingerprint density at radius 1 is 0.561 bits per heavy atom. The van der Waals surface area contributed by atoms with E-state index in [0.717, 1.165) is 77.0 Å². The number of ether oxygens (including phenoxy) is 4. The number of rotatable bonds is 39. The molecule has 0 bridgehead atoms. The minimum absolute atomic E-state index is 0.219. The predicted octanol–water partition coefficient (Wildman–Crippen LogP) is 6.88. The van der Waals surface area contributed by atoms with Crippen molar-refractivity contribution in [2.75, 3.05) is 19.8 Å². The van der Waals surface area contributed by atoms with Crippen molar-refractivity contribution in [1.82, 2.24) is 5.32 Å². The summed E-state index contributed by atoms with van der Waals surface area (Å²) in [7, 11) is 0. The largest absolute Gasteiger partial charge is 0.394 e. The minimum atomic E-state index is -1.78. The molecular formula is C52H93NO13. The molecule has 0 radical (unpaired) electrons. The monoisotopic (exact) mass is 940 g/mol. The first-order valence-electron chi connectivity index (χ1n) is 25.9. The fourth-order valence-electron chi connectivity index (χ4n) is 8.34. The molecular weight excluding hydrogens is 847 g/mol. The molecule has 9 N–H and O–H groups in total. The van der Waals surface area contributed by atoms with Crippen LogP contribution < -0.4 is 5.32 Å². The van der Waals surface area contributed by atoms with Crippen LogP contribution in [0, 0.1) is 0 Å². The molecule has 384 valence electrons. The molecule has 0 aromatic rings. The lowest BCUT2D eigenvalue weighted by Gasteiger charge is -2.46. The maximum absolute atomic E-state index is 13.2. The van der Waals surface area contributed by atoms with E-state index < -0.39 is 86.8 Å². The molecule has 0 aliphatic carbocycles. The van der Waals surface area contributed by atoms with Crippen LogP contribution in [0.5, 0.6) is 0 Å². The lowest BCUT2D eigenvalue weighted by Crippen LogP contribution is -2.65. The summed E-state index contributed by atoms with van der Waals surface area (Å²) in [6.45, 7) is 2.71. The van der Waals surface area contributed by atoms with Crippen molar-refractivity contribution < 1.29 is 64.6 Å². The van der Waals surface area contributed by atoms with Crippen molar-refractivity contribution in [3.63, 3.8) is 0 Å². The fraction of sp³-hybridized carbons (Fsp3) is 0.827. The van der Waals surface area contributed by atoms with E-state index >= 15 is 0 Å². The maximum atomic E-state index is 13.2. The quantitative estimate of drug-likeness (QED) is 0.0227. The molecule has 2 heterocycles. The van der Waals surface area contributed by atoms with Gasteiger partial charge in [-0.3, -0.25) is 4.79 Å². The number of amides is 1. The van der Waals surface area contributed by atoms with E-state index in [1.165, 1.54) is 70.6 Å². The predicted molar refractivity (Wildman–Crippen MR) is 258 cm³/mol. The van der Waals surface area contributed by atoms with Gasteiger partial charge in [-0.1, -0.05) is 172 Å². The highest BCUT2D eigenvalue weighted by Crippen LogP contribution is 2.30. The molecule has 2 rings (SSSR count). The molecule has 66 heavy (non-hydrogen) atoms. The number of aliphatic hydroxyl groups is 8. The van der Waals surface area contributed by atoms with E-state index in [9.17, 15) is 45.6 Å². The number of carbonyl (C=O) groups excluding carboxylic acids is 1. The van der Waals surface area contributed by atoms with E-state index in [4.69, 9.17) is 18.9 Å². The van der Waals surface area contributed by atoms with E-state index in [1.807, 2.05) is 0 Å². The van der Waals surface area contributed by atoms with Gasteiger partial charge >= 0.3 is 0 Å². The standard InChI is InChI=1S/C52H93NO13/c1-3-5-7-9-11-13-15-16-17-18-19-20-21-22-23-24-26-28-30-32-34-36-44(57)53-40(41(56)35-33-31-29-27-25-14-12-10-8-6-4-2)39-63-51-49(62)47(60)50(43(38-55)65-51)66-52-48(61)46(59)45(58)42(37-54)64-52/h5,7,11,13,16-17,19-20,40-43,45-52,54-56,58-62H,3-4,6,8-10,12,14-15,18,21-39H2,1-2H3,(H,53,57)/b7-5-,13-11-,17-16-,20-19-. The first kappa shape index (κ1) is 60.1. The Morgan fingerprint density at radius 3 is 1.61 bits per heavy atom. The van der Waals surface area contributed by atoms with Gasteiger partial charge in [-0.25, -0.2) is 0 Å². The second-order valence-corrected chi connectivity index (χ2v) is 18.3. The zero-order valence-corrected chi connectivity index (χ0v) is 40.7. The molecule has 1 amide bonds. The summed E-state index contributed by atoms with van der Waals surface area (Å²) in [5.41, 5.74) is 0. The molecule has 12 atom stereocenters. The van der Waals surface area contributed by atoms with Crippen LogP contribution in [0.15, 0.2) is 48.6 Å². The maximum Gasteiger partial charge on any atom is 0.220 e. The molecule has 0 saturated carbocycles. The van der Waals surface area contributed by atoms with Crippen molar-refractivity contribution in [3.8, 4) is 0 Å². The number of hydrogen-bond donors (Lipinski definition) is 9. The van der Waals surface area contributed by atoms with Crippen LogP contribution in [-0.4, -0.2) is 140 Å². The molecule has 2 fully saturated rings. The van der Waals surface area contributed by atoms with Crippen LogP contribution in [0.2, 0.25) is 0 Å². The molecule has 12 unspecified atom stereocenters. The SMILES string of the molecule is CC/C=C\C/C=C\C/C=C\C/C=C\CCCCCCCCCCC(=O)NC(COC1OC(CO)C(OC2OC(CO)C(O)C(O)C2O)C(O)C1O)C(O)CCCCCCCCCCCCC. The summed E-state index contributed by atoms with van der Waals surface area (Å²) < 4.78 is 22.7. The number of hydrogen-bond acceptors (Lipinski definition) is 13. The van der Waals surface area contributed by atoms with Gasteiger partial charge in [-0.05, 0) is 51.4 Å². The van der Waals surface area contributed by atoms with E-state index in [1.54, 1.807) is 0 Å². The van der Waals surface area contributed by atoms with Crippen LogP contribution in [0.4, 0.5) is 0 Å². The first-order valence-corrected chi connectivity index (χ1v) is 25.9. The smallest absolute Gasteiger partial charge is 0.220 e. The first-order chi connectivity index (χ1) is 32.1. The molecule has 14 nitrogen and oxygen atoms in total. The van der Waals surface area contributed by atoms with Crippen LogP contribution in [0.25, 0.3) is 0 Å². The second-order valence-electron chi connectivity index (χ2n) is 18.3. The molecule has 14 heteroatoms. The van der Waals surface area contributed by atoms with Crippen LogP contribution in [0.1, 0.15) is 181 Å². The van der Waals surface area contributed by atoms with Gasteiger partial charge in [0.05, 0.1) is 32.0 Å². The average molecular weight is 940 g/mol. The molecule has 2 aliphatic heterocycles. The van der Waals surface area contributed by atoms with Crippen LogP contribution in [0.3, 0.4) is 0 Å². The zero-order valence-electron chi connectivity index (χ0n) is 40.7. The number of carbonyl (C=O) groups is 1. The highest BCUT2D eigenvalue weighted by molar-refractivity contribution is 5.76. The van der Waals surface area contributed by atoms with Gasteiger partial charge in [-0.15, -0.1) is 0 Å². The summed E-state index contributed by atoms with van der Waals surface area (Å²) in [6, 6.07) is -0.832. The fourth-order valence-corrected chi connectivity index (χ4v) is 8.34. The van der Waals surface area contributed by atoms with Gasteiger partial charge in [0.15, 0.2) is 12.6 Å². The molecule has 0 aromatic heterocycles. The van der Waals surface area contributed by atoms with Gasteiger partial charge in [-0.2, -0.15) is 0 Å². The van der Waals surface area contributed by atoms with Gasteiger partial charge in [0, 0.05) is 6.42 Å². The number of aliphatic hydroxyl groups excluding tert-OH is 8. The highest BCUT2D eigenvalue weighted by atomic mass is 16.7. The summed E-state index contributed by atoms with van der Waals surface area (Å²) in [6.07, 6.45) is 28.3. The zero-order chi connectivity index (χ0) is 48.2. The normalized spacial score (nSPS) is 27.2. The summed E-state index contributed by atoms with van der Waals surface area (Å²) >= 11 is 0. The Kier molecular flexibility index (Phi) is 35.3. The third-order valence-electron chi connectivity index (χ3n) is 12.6. The third kappa shape index (κ3) is 25.5. The van der Waals surface area contributed by atoms with Gasteiger partial charge < -0.3 is 65.1 Å². The van der Waals surface area contributed by atoms with Crippen LogP contribution in [-0.2, 0) is 23.7 Å². The lowest BCUT2D eigenvalue weighted by atomic mass is 9.97. The number of allylic oxidation sites excluding steroid dienone is 8.